The van der Waals surface area contributed by atoms with Gasteiger partial charge in [0.2, 0.25) is 0 Å². The zero-order valence-electron chi connectivity index (χ0n) is 10.1. The van der Waals surface area contributed by atoms with Gasteiger partial charge in [0.1, 0.15) is 0 Å². The molecule has 0 spiro atoms. The summed E-state index contributed by atoms with van der Waals surface area (Å²) < 4.78 is 0. The van der Waals surface area contributed by atoms with Crippen molar-refractivity contribution >= 4 is 11.7 Å². The summed E-state index contributed by atoms with van der Waals surface area (Å²) in [7, 11) is 0. The highest BCUT2D eigenvalue weighted by Crippen LogP contribution is 2.30. The Kier molecular flexibility index (Phi) is 3.64. The number of para-hydroxylation sites is 1. The molecule has 0 saturated carbocycles. The predicted molar refractivity (Wildman–Crippen MR) is 69.3 cm³/mol. The minimum atomic E-state index is -0.00241. The standard InChI is InChI=1S/C13H19N3O/c1-10(6-7-14)11-4-2-3-5-12(11)16-9-8-15-13(16)17/h2-5,10H,6-9,14H2,1H3,(H,15,17). The predicted octanol–water partition coefficient (Wildman–Crippen LogP) is 1.67. The first kappa shape index (κ1) is 11.9. The van der Waals surface area contributed by atoms with Crippen LogP contribution in [0.15, 0.2) is 24.3 Å². The van der Waals surface area contributed by atoms with Crippen LogP contribution in [0.4, 0.5) is 10.5 Å². The molecule has 92 valence electrons. The van der Waals surface area contributed by atoms with Crippen molar-refractivity contribution in [2.24, 2.45) is 5.73 Å². The lowest BCUT2D eigenvalue weighted by Gasteiger charge is -2.21. The number of rotatable bonds is 4. The summed E-state index contributed by atoms with van der Waals surface area (Å²) in [4.78, 5) is 13.5. The van der Waals surface area contributed by atoms with Crippen molar-refractivity contribution < 1.29 is 4.79 Å². The number of hydrogen-bond acceptors (Lipinski definition) is 2. The van der Waals surface area contributed by atoms with E-state index in [0.717, 1.165) is 25.2 Å². The number of urea groups is 1. The molecule has 1 fully saturated rings. The molecule has 4 heteroatoms. The molecule has 0 bridgehead atoms. The summed E-state index contributed by atoms with van der Waals surface area (Å²) >= 11 is 0. The molecule has 2 rings (SSSR count). The molecule has 1 unspecified atom stereocenters. The highest BCUT2D eigenvalue weighted by molar-refractivity contribution is 5.94. The van der Waals surface area contributed by atoms with E-state index in [4.69, 9.17) is 5.73 Å². The number of nitrogens with two attached hydrogens (primary N) is 1. The Balaban J connectivity index is 2.30. The number of carbonyl (C=O) groups is 1. The van der Waals surface area contributed by atoms with Gasteiger partial charge in [0.05, 0.1) is 0 Å². The van der Waals surface area contributed by atoms with Gasteiger partial charge in [0.15, 0.2) is 0 Å². The van der Waals surface area contributed by atoms with E-state index in [0.29, 0.717) is 12.5 Å². The fraction of sp³-hybridized carbons (Fsp3) is 0.462. The topological polar surface area (TPSA) is 58.4 Å². The van der Waals surface area contributed by atoms with E-state index in [9.17, 15) is 4.79 Å². The summed E-state index contributed by atoms with van der Waals surface area (Å²) in [5.74, 6) is 0.379. The first-order valence-electron chi connectivity index (χ1n) is 6.08. The Bertz CT molecular complexity index is 405. The van der Waals surface area contributed by atoms with Crippen molar-refractivity contribution in [2.45, 2.75) is 19.3 Å². The summed E-state index contributed by atoms with van der Waals surface area (Å²) in [5, 5.41) is 2.83. The lowest BCUT2D eigenvalue weighted by atomic mass is 9.95. The maximum absolute atomic E-state index is 11.7. The molecule has 1 aliphatic heterocycles. The second kappa shape index (κ2) is 5.19. The molecule has 3 N–H and O–H groups in total. The lowest BCUT2D eigenvalue weighted by molar-refractivity contribution is 0.252. The Morgan fingerprint density at radius 2 is 2.24 bits per heavy atom. The van der Waals surface area contributed by atoms with E-state index in [1.165, 1.54) is 5.56 Å². The van der Waals surface area contributed by atoms with E-state index in [1.54, 1.807) is 0 Å². The lowest BCUT2D eigenvalue weighted by Crippen LogP contribution is -2.28. The fourth-order valence-electron chi connectivity index (χ4n) is 2.26. The van der Waals surface area contributed by atoms with E-state index in [-0.39, 0.29) is 6.03 Å². The van der Waals surface area contributed by atoms with E-state index in [2.05, 4.69) is 18.3 Å². The van der Waals surface area contributed by atoms with Gasteiger partial charge < -0.3 is 11.1 Å². The number of hydrogen-bond donors (Lipinski definition) is 2. The van der Waals surface area contributed by atoms with Gasteiger partial charge in [-0.2, -0.15) is 0 Å². The van der Waals surface area contributed by atoms with Gasteiger partial charge in [0.25, 0.3) is 0 Å². The van der Waals surface area contributed by atoms with Gasteiger partial charge in [-0.3, -0.25) is 4.90 Å². The van der Waals surface area contributed by atoms with Crippen LogP contribution in [0.1, 0.15) is 24.8 Å². The molecule has 1 aromatic carbocycles. The SMILES string of the molecule is CC(CCN)c1ccccc1N1CCNC1=O. The Morgan fingerprint density at radius 3 is 2.88 bits per heavy atom. The van der Waals surface area contributed by atoms with Gasteiger partial charge in [-0.25, -0.2) is 4.79 Å². The summed E-state index contributed by atoms with van der Waals surface area (Å²) in [6, 6.07) is 8.07. The minimum absolute atomic E-state index is 0.00241. The fourth-order valence-corrected chi connectivity index (χ4v) is 2.26. The van der Waals surface area contributed by atoms with Gasteiger partial charge >= 0.3 is 6.03 Å². The van der Waals surface area contributed by atoms with E-state index < -0.39 is 0 Å². The monoisotopic (exact) mass is 233 g/mol. The molecule has 4 nitrogen and oxygen atoms in total. The van der Waals surface area contributed by atoms with Crippen molar-refractivity contribution in [1.29, 1.82) is 0 Å². The molecule has 17 heavy (non-hydrogen) atoms. The average molecular weight is 233 g/mol. The van der Waals surface area contributed by atoms with Gasteiger partial charge in [-0.15, -0.1) is 0 Å². The van der Waals surface area contributed by atoms with Crippen LogP contribution in [-0.2, 0) is 0 Å². The van der Waals surface area contributed by atoms with Crippen molar-refractivity contribution in [2.75, 3.05) is 24.5 Å². The number of benzene rings is 1. The first-order valence-corrected chi connectivity index (χ1v) is 6.08. The number of nitrogens with zero attached hydrogens (tertiary/aromatic N) is 1. The van der Waals surface area contributed by atoms with Crippen LogP contribution in [0.3, 0.4) is 0 Å². The minimum Gasteiger partial charge on any atom is -0.336 e. The largest absolute Gasteiger partial charge is 0.336 e. The molecule has 1 heterocycles. The molecule has 0 aliphatic carbocycles. The number of nitrogens with one attached hydrogen (secondary N) is 1. The third-order valence-corrected chi connectivity index (χ3v) is 3.21. The zero-order chi connectivity index (χ0) is 12.3. The van der Waals surface area contributed by atoms with Crippen molar-refractivity contribution in [3.8, 4) is 0 Å². The third kappa shape index (κ3) is 2.42. The summed E-state index contributed by atoms with van der Waals surface area (Å²) in [6.07, 6.45) is 0.937. The third-order valence-electron chi connectivity index (χ3n) is 3.21. The smallest absolute Gasteiger partial charge is 0.322 e. The van der Waals surface area contributed by atoms with Crippen LogP contribution in [0.5, 0.6) is 0 Å². The molecule has 1 aromatic rings. The zero-order valence-corrected chi connectivity index (χ0v) is 10.1. The molecule has 0 aromatic heterocycles. The molecule has 2 amide bonds. The second-order valence-corrected chi connectivity index (χ2v) is 4.42. The van der Waals surface area contributed by atoms with Crippen LogP contribution < -0.4 is 16.0 Å². The Hall–Kier alpha value is -1.55. The van der Waals surface area contributed by atoms with E-state index >= 15 is 0 Å². The van der Waals surface area contributed by atoms with Crippen LogP contribution in [-0.4, -0.2) is 25.7 Å². The molecular formula is C13H19N3O. The second-order valence-electron chi connectivity index (χ2n) is 4.42. The summed E-state index contributed by atoms with van der Waals surface area (Å²) in [6.45, 7) is 4.28. The van der Waals surface area contributed by atoms with Crippen LogP contribution in [0, 0.1) is 0 Å². The van der Waals surface area contributed by atoms with Crippen LogP contribution in [0.2, 0.25) is 0 Å². The van der Waals surface area contributed by atoms with Gasteiger partial charge in [0, 0.05) is 18.8 Å². The number of carbonyl (C=O) groups excluding carboxylic acids is 1. The first-order chi connectivity index (χ1) is 8.24. The highest BCUT2D eigenvalue weighted by Gasteiger charge is 2.24. The van der Waals surface area contributed by atoms with Crippen LogP contribution >= 0.6 is 0 Å². The Morgan fingerprint density at radius 1 is 1.47 bits per heavy atom. The Labute approximate surface area is 102 Å². The van der Waals surface area contributed by atoms with Gasteiger partial charge in [-0.05, 0) is 30.5 Å². The molecule has 1 atom stereocenters. The molecule has 0 radical (unpaired) electrons. The normalized spacial score (nSPS) is 17.1. The van der Waals surface area contributed by atoms with E-state index in [1.807, 2.05) is 23.1 Å². The van der Waals surface area contributed by atoms with Crippen LogP contribution in [0.25, 0.3) is 0 Å². The maximum Gasteiger partial charge on any atom is 0.322 e. The summed E-state index contributed by atoms with van der Waals surface area (Å²) in [5.41, 5.74) is 7.83. The highest BCUT2D eigenvalue weighted by atomic mass is 16.2. The molecule has 1 aliphatic rings. The van der Waals surface area contributed by atoms with Crippen molar-refractivity contribution in [1.82, 2.24) is 5.32 Å². The number of anilines is 1. The average Bonchev–Trinajstić information content (AvgIpc) is 2.76. The van der Waals surface area contributed by atoms with Crippen molar-refractivity contribution in [3.63, 3.8) is 0 Å². The van der Waals surface area contributed by atoms with Crippen molar-refractivity contribution in [3.05, 3.63) is 29.8 Å². The quantitative estimate of drug-likeness (QED) is 0.831. The van der Waals surface area contributed by atoms with Gasteiger partial charge in [-0.1, -0.05) is 25.1 Å². The maximum atomic E-state index is 11.7. The molecule has 1 saturated heterocycles. The number of amides is 2. The molecular weight excluding hydrogens is 214 g/mol.